The monoisotopic (exact) mass is 392 g/mol. The molecular formula is C18H14ClFN2O5. The Hall–Kier alpha value is -3.13. The van der Waals surface area contributed by atoms with Crippen molar-refractivity contribution in [1.29, 1.82) is 0 Å². The molecule has 0 fully saturated rings. The van der Waals surface area contributed by atoms with Gasteiger partial charge >= 0.3 is 11.7 Å². The number of aromatic nitrogens is 2. The van der Waals surface area contributed by atoms with Crippen LogP contribution >= 0.6 is 11.6 Å². The molecule has 140 valence electrons. The second kappa shape index (κ2) is 8.05. The summed E-state index contributed by atoms with van der Waals surface area (Å²) in [6.45, 7) is -0.521. The van der Waals surface area contributed by atoms with E-state index in [4.69, 9.17) is 25.5 Å². The number of hydrogen-bond donors (Lipinski definition) is 0. The lowest BCUT2D eigenvalue weighted by Gasteiger charge is -2.09. The van der Waals surface area contributed by atoms with Gasteiger partial charge in [-0.2, -0.15) is 4.68 Å². The van der Waals surface area contributed by atoms with Crippen LogP contribution in [0.3, 0.4) is 0 Å². The number of hydrogen-bond acceptors (Lipinski definition) is 6. The first-order chi connectivity index (χ1) is 13.0. The number of carbonyl (C=O) groups is 1. The number of nitrogens with zero attached hydrogens (tertiary/aromatic N) is 2. The molecule has 0 aliphatic rings. The van der Waals surface area contributed by atoms with Crippen LogP contribution in [0.25, 0.3) is 11.5 Å². The Morgan fingerprint density at radius 2 is 2.00 bits per heavy atom. The minimum atomic E-state index is -0.827. The molecule has 1 aromatic heterocycles. The van der Waals surface area contributed by atoms with Crippen molar-refractivity contribution in [3.8, 4) is 17.2 Å². The Balaban J connectivity index is 1.67. The highest BCUT2D eigenvalue weighted by atomic mass is 35.5. The summed E-state index contributed by atoms with van der Waals surface area (Å²) in [4.78, 5) is 23.9. The van der Waals surface area contributed by atoms with Crippen LogP contribution in [0.4, 0.5) is 4.39 Å². The van der Waals surface area contributed by atoms with Gasteiger partial charge in [-0.1, -0.05) is 11.6 Å². The Morgan fingerprint density at radius 1 is 1.26 bits per heavy atom. The van der Waals surface area contributed by atoms with Crippen LogP contribution in [-0.2, 0) is 22.7 Å². The average molecular weight is 393 g/mol. The summed E-state index contributed by atoms with van der Waals surface area (Å²) in [6.07, 6.45) is 0. The van der Waals surface area contributed by atoms with Gasteiger partial charge < -0.3 is 13.9 Å². The Morgan fingerprint density at radius 3 is 2.70 bits per heavy atom. The molecule has 0 aliphatic carbocycles. The molecule has 0 amide bonds. The molecule has 0 saturated heterocycles. The summed E-state index contributed by atoms with van der Waals surface area (Å²) in [7, 11) is 1.49. The summed E-state index contributed by atoms with van der Waals surface area (Å²) in [6, 6.07) is 10.2. The van der Waals surface area contributed by atoms with E-state index in [1.165, 1.54) is 31.4 Å². The van der Waals surface area contributed by atoms with E-state index in [1.54, 1.807) is 18.2 Å². The van der Waals surface area contributed by atoms with Crippen LogP contribution < -0.4 is 10.5 Å². The largest absolute Gasteiger partial charge is 0.496 e. The first kappa shape index (κ1) is 18.7. The van der Waals surface area contributed by atoms with Gasteiger partial charge in [-0.15, -0.1) is 5.10 Å². The maximum atomic E-state index is 13.0. The highest BCUT2D eigenvalue weighted by molar-refractivity contribution is 6.30. The normalized spacial score (nSPS) is 10.6. The third kappa shape index (κ3) is 4.53. The van der Waals surface area contributed by atoms with Crippen molar-refractivity contribution in [2.45, 2.75) is 13.2 Å². The van der Waals surface area contributed by atoms with Gasteiger partial charge in [0, 0.05) is 16.1 Å². The smallest absolute Gasteiger partial charge is 0.437 e. The highest BCUT2D eigenvalue weighted by Crippen LogP contribution is 2.23. The molecule has 0 radical (unpaired) electrons. The van der Waals surface area contributed by atoms with Crippen LogP contribution in [0.5, 0.6) is 5.75 Å². The standard InChI is InChI=1S/C18H14ClFN2O5/c1-25-15-7-4-13(19)8-12(15)10-26-16(23)9-22-18(24)27-17(21-22)11-2-5-14(20)6-3-11/h2-8H,9-10H2,1H3. The third-order valence-electron chi connectivity index (χ3n) is 3.61. The van der Waals surface area contributed by atoms with Crippen LogP contribution in [0, 0.1) is 5.82 Å². The molecule has 0 N–H and O–H groups in total. The van der Waals surface area contributed by atoms with Gasteiger partial charge in [-0.3, -0.25) is 4.79 Å². The predicted molar refractivity (Wildman–Crippen MR) is 94.0 cm³/mol. The maximum Gasteiger partial charge on any atom is 0.437 e. The van der Waals surface area contributed by atoms with Crippen LogP contribution in [0.1, 0.15) is 5.56 Å². The van der Waals surface area contributed by atoms with E-state index in [2.05, 4.69) is 5.10 Å². The van der Waals surface area contributed by atoms with E-state index in [0.29, 0.717) is 21.9 Å². The molecule has 0 atom stereocenters. The lowest BCUT2D eigenvalue weighted by molar-refractivity contribution is -0.146. The number of benzene rings is 2. The summed E-state index contributed by atoms with van der Waals surface area (Å²) in [5, 5.41) is 4.39. The van der Waals surface area contributed by atoms with Crippen molar-refractivity contribution in [2.24, 2.45) is 0 Å². The third-order valence-corrected chi connectivity index (χ3v) is 3.84. The highest BCUT2D eigenvalue weighted by Gasteiger charge is 2.15. The zero-order chi connectivity index (χ0) is 19.4. The fraction of sp³-hybridized carbons (Fsp3) is 0.167. The molecule has 0 aliphatic heterocycles. The fourth-order valence-corrected chi connectivity index (χ4v) is 2.50. The summed E-state index contributed by atoms with van der Waals surface area (Å²) < 4.78 is 29.1. The summed E-state index contributed by atoms with van der Waals surface area (Å²) in [5.41, 5.74) is 0.988. The van der Waals surface area contributed by atoms with E-state index < -0.39 is 24.1 Å². The topological polar surface area (TPSA) is 83.6 Å². The quantitative estimate of drug-likeness (QED) is 0.599. The van der Waals surface area contributed by atoms with Gasteiger partial charge in [0.2, 0.25) is 5.89 Å². The van der Waals surface area contributed by atoms with Crippen molar-refractivity contribution in [1.82, 2.24) is 9.78 Å². The number of rotatable bonds is 6. The predicted octanol–water partition coefficient (Wildman–Crippen LogP) is 3.05. The van der Waals surface area contributed by atoms with E-state index in [9.17, 15) is 14.0 Å². The first-order valence-electron chi connectivity index (χ1n) is 7.78. The molecule has 3 aromatic rings. The number of esters is 1. The molecule has 2 aromatic carbocycles. The van der Waals surface area contributed by atoms with Gasteiger partial charge in [0.15, 0.2) is 0 Å². The SMILES string of the molecule is COc1ccc(Cl)cc1COC(=O)Cn1nc(-c2ccc(F)cc2)oc1=O. The Kier molecular flexibility index (Phi) is 5.56. The van der Waals surface area contributed by atoms with E-state index >= 15 is 0 Å². The molecule has 0 unspecified atom stereocenters. The molecule has 0 bridgehead atoms. The lowest BCUT2D eigenvalue weighted by atomic mass is 10.2. The molecule has 27 heavy (non-hydrogen) atoms. The molecule has 1 heterocycles. The van der Waals surface area contributed by atoms with Crippen molar-refractivity contribution >= 4 is 17.6 Å². The van der Waals surface area contributed by atoms with Crippen molar-refractivity contribution < 1.29 is 23.1 Å². The average Bonchev–Trinajstić information content (AvgIpc) is 3.01. The number of carbonyl (C=O) groups excluding carboxylic acids is 1. The van der Waals surface area contributed by atoms with Crippen molar-refractivity contribution in [2.75, 3.05) is 7.11 Å². The van der Waals surface area contributed by atoms with E-state index in [1.807, 2.05) is 0 Å². The number of methoxy groups -OCH3 is 1. The first-order valence-corrected chi connectivity index (χ1v) is 8.16. The zero-order valence-electron chi connectivity index (χ0n) is 14.1. The molecular weight excluding hydrogens is 379 g/mol. The fourth-order valence-electron chi connectivity index (χ4n) is 2.30. The van der Waals surface area contributed by atoms with Gasteiger partial charge in [0.1, 0.15) is 24.7 Å². The second-order valence-corrected chi connectivity index (χ2v) is 5.89. The zero-order valence-corrected chi connectivity index (χ0v) is 14.9. The van der Waals surface area contributed by atoms with Gasteiger partial charge in [-0.25, -0.2) is 9.18 Å². The van der Waals surface area contributed by atoms with Crippen LogP contribution in [0.2, 0.25) is 5.02 Å². The van der Waals surface area contributed by atoms with E-state index in [0.717, 1.165) is 4.68 Å². The van der Waals surface area contributed by atoms with Gasteiger partial charge in [0.25, 0.3) is 0 Å². The van der Waals surface area contributed by atoms with Crippen molar-refractivity contribution in [3.05, 3.63) is 69.4 Å². The number of ether oxygens (including phenoxy) is 2. The van der Waals surface area contributed by atoms with Crippen LogP contribution in [-0.4, -0.2) is 22.9 Å². The minimum absolute atomic E-state index is 0.0238. The van der Waals surface area contributed by atoms with Crippen LogP contribution in [0.15, 0.2) is 51.7 Å². The number of halogens is 2. The maximum absolute atomic E-state index is 13.0. The van der Waals surface area contributed by atoms with Crippen molar-refractivity contribution in [3.63, 3.8) is 0 Å². The Bertz CT molecular complexity index is 1010. The molecule has 0 spiro atoms. The minimum Gasteiger partial charge on any atom is -0.496 e. The van der Waals surface area contributed by atoms with Gasteiger partial charge in [0.05, 0.1) is 7.11 Å². The lowest BCUT2D eigenvalue weighted by Crippen LogP contribution is -2.23. The summed E-state index contributed by atoms with van der Waals surface area (Å²) >= 11 is 5.92. The molecule has 3 rings (SSSR count). The summed E-state index contributed by atoms with van der Waals surface area (Å²) in [5.74, 6) is -1.46. The van der Waals surface area contributed by atoms with Gasteiger partial charge in [-0.05, 0) is 42.5 Å². The second-order valence-electron chi connectivity index (χ2n) is 5.45. The van der Waals surface area contributed by atoms with E-state index in [-0.39, 0.29) is 12.5 Å². The molecule has 0 saturated carbocycles. The molecule has 7 nitrogen and oxygen atoms in total. The Labute approximate surface area is 157 Å². The molecule has 9 heteroatoms.